The first-order chi connectivity index (χ1) is 14.5. The van der Waals surface area contributed by atoms with Gasteiger partial charge < -0.3 is 0 Å². The summed E-state index contributed by atoms with van der Waals surface area (Å²) in [6, 6.07) is 11.2. The molecule has 1 saturated heterocycles. The summed E-state index contributed by atoms with van der Waals surface area (Å²) in [6.07, 6.45) is 0.145. The quantitative estimate of drug-likeness (QED) is 0.604. The maximum Gasteiger partial charge on any atom is 0.257 e. The van der Waals surface area contributed by atoms with Gasteiger partial charge in [-0.3, -0.25) is 4.18 Å². The highest BCUT2D eigenvalue weighted by Crippen LogP contribution is 2.48. The summed E-state index contributed by atoms with van der Waals surface area (Å²) < 4.78 is 48.1. The van der Waals surface area contributed by atoms with Crippen LogP contribution in [0.2, 0.25) is 0 Å². The van der Waals surface area contributed by atoms with Crippen LogP contribution in [0.25, 0.3) is 0 Å². The van der Waals surface area contributed by atoms with Gasteiger partial charge in [-0.25, -0.2) is 12.6 Å². The molecule has 1 unspecified atom stereocenters. The van der Waals surface area contributed by atoms with E-state index in [1.807, 2.05) is 64.1 Å². The van der Waals surface area contributed by atoms with Gasteiger partial charge in [-0.2, -0.15) is 0 Å². The Hall–Kier alpha value is -1.54. The second-order valence-corrected chi connectivity index (χ2v) is 12.5. The van der Waals surface area contributed by atoms with Crippen molar-refractivity contribution in [2.45, 2.75) is 82.8 Å². The fraction of sp³-hybridized carbons (Fsp3) is 0.500. The number of hydrogen-bond donors (Lipinski definition) is 0. The highest BCUT2D eigenvalue weighted by Gasteiger charge is 2.53. The zero-order chi connectivity index (χ0) is 22.7. The van der Waals surface area contributed by atoms with Gasteiger partial charge in [0.2, 0.25) is 0 Å². The number of hydrogen-bond acceptors (Lipinski definition) is 4. The van der Waals surface area contributed by atoms with Gasteiger partial charge in [-0.1, -0.05) is 81.7 Å². The van der Waals surface area contributed by atoms with Crippen LogP contribution in [-0.4, -0.2) is 22.4 Å². The van der Waals surface area contributed by atoms with E-state index in [0.29, 0.717) is 11.3 Å². The number of fused-ring (bicyclic) bond motifs is 3. The first-order valence-corrected chi connectivity index (χ1v) is 13.4. The highest BCUT2D eigenvalue weighted by atomic mass is 32.3. The van der Waals surface area contributed by atoms with Gasteiger partial charge in [0.1, 0.15) is 6.10 Å². The molecule has 2 aliphatic rings. The second kappa shape index (κ2) is 8.10. The van der Waals surface area contributed by atoms with Crippen molar-refractivity contribution in [2.75, 3.05) is 0 Å². The van der Waals surface area contributed by atoms with Gasteiger partial charge in [0.25, 0.3) is 21.3 Å². The van der Waals surface area contributed by atoms with Crippen LogP contribution in [0, 0.1) is 0 Å². The Morgan fingerprint density at radius 2 is 1.55 bits per heavy atom. The Kier molecular flexibility index (Phi) is 5.92. The minimum atomic E-state index is -4.07. The minimum Gasteiger partial charge on any atom is -0.272 e. The monoisotopic (exact) mass is 461 g/mol. The van der Waals surface area contributed by atoms with Crippen LogP contribution in [0.3, 0.4) is 0 Å². The Bertz CT molecular complexity index is 1110. The molecule has 1 aliphatic heterocycles. The molecule has 0 spiro atoms. The first kappa shape index (κ1) is 22.6. The van der Waals surface area contributed by atoms with Gasteiger partial charge in [-0.15, -0.1) is 0 Å². The molecular formula is C24H31NO4S2. The molecular weight excluding hydrogens is 430 g/mol. The molecule has 5 nitrogen and oxygen atoms in total. The average molecular weight is 462 g/mol. The molecule has 0 bridgehead atoms. The topological polar surface area (TPSA) is 63.7 Å². The van der Waals surface area contributed by atoms with Crippen LogP contribution in [0.1, 0.15) is 93.2 Å². The lowest BCUT2D eigenvalue weighted by Gasteiger charge is -2.27. The van der Waals surface area contributed by atoms with Crippen LogP contribution in [0.15, 0.2) is 41.3 Å². The maximum absolute atomic E-state index is 14.2. The molecule has 0 amide bonds. The number of nitrogens with zero attached hydrogens (tertiary/aromatic N) is 1. The molecule has 1 fully saturated rings. The predicted octanol–water partition coefficient (Wildman–Crippen LogP) is 5.32. The molecule has 0 saturated carbocycles. The molecule has 2 aromatic carbocycles. The van der Waals surface area contributed by atoms with E-state index in [0.717, 1.165) is 31.5 Å². The third-order valence-corrected chi connectivity index (χ3v) is 9.88. The molecule has 0 aromatic heterocycles. The van der Waals surface area contributed by atoms with E-state index < -0.39 is 33.4 Å². The van der Waals surface area contributed by atoms with E-state index in [-0.39, 0.29) is 17.8 Å². The minimum absolute atomic E-state index is 0.00425. The lowest BCUT2D eigenvalue weighted by Crippen LogP contribution is -2.34. The standard InChI is InChI=1S/C24H31NO4S2/c1-14(2)18-11-20(15(3)4)24(21(12-18)16(5)6)31(27,28)25-23-19-10-8-7-9-17(19)13-22(23)29-30(25)26/h7-12,14-16,22-23H,13H2,1-6H3/t22-,23+,30?/m0/s1. The molecule has 2 aromatic rings. The van der Waals surface area contributed by atoms with E-state index in [9.17, 15) is 12.6 Å². The molecule has 1 heterocycles. The number of sulfonamides is 1. The summed E-state index contributed by atoms with van der Waals surface area (Å²) in [5.74, 6) is 0.288. The van der Waals surface area contributed by atoms with E-state index in [2.05, 4.69) is 13.8 Å². The van der Waals surface area contributed by atoms with Gasteiger partial charge in [0, 0.05) is 6.42 Å². The molecule has 1 aliphatic carbocycles. The lowest BCUT2D eigenvalue weighted by atomic mass is 9.89. The van der Waals surface area contributed by atoms with Crippen LogP contribution in [0.5, 0.6) is 0 Å². The van der Waals surface area contributed by atoms with E-state index in [1.165, 1.54) is 0 Å². The Balaban J connectivity index is 1.94. The smallest absolute Gasteiger partial charge is 0.257 e. The molecule has 4 rings (SSSR count). The summed E-state index contributed by atoms with van der Waals surface area (Å²) >= 11 is -2.06. The maximum atomic E-state index is 14.2. The normalized spacial score (nSPS) is 23.7. The van der Waals surface area contributed by atoms with E-state index in [1.54, 1.807) is 0 Å². The van der Waals surface area contributed by atoms with Crippen molar-refractivity contribution in [1.29, 1.82) is 0 Å². The van der Waals surface area contributed by atoms with E-state index in [4.69, 9.17) is 4.18 Å². The highest BCUT2D eigenvalue weighted by molar-refractivity contribution is 7.99. The average Bonchev–Trinajstić information content (AvgIpc) is 3.20. The summed E-state index contributed by atoms with van der Waals surface area (Å²) in [4.78, 5) is 0.295. The van der Waals surface area contributed by atoms with Crippen LogP contribution >= 0.6 is 0 Å². The molecule has 0 radical (unpaired) electrons. The number of benzene rings is 2. The second-order valence-electron chi connectivity index (χ2n) is 9.45. The van der Waals surface area contributed by atoms with Crippen molar-refractivity contribution < 1.29 is 16.8 Å². The Morgan fingerprint density at radius 1 is 0.968 bits per heavy atom. The Labute approximate surface area is 188 Å². The Morgan fingerprint density at radius 3 is 2.10 bits per heavy atom. The van der Waals surface area contributed by atoms with Gasteiger partial charge >= 0.3 is 0 Å². The molecule has 168 valence electrons. The fourth-order valence-electron chi connectivity index (χ4n) is 4.62. The third kappa shape index (κ3) is 3.69. The van der Waals surface area contributed by atoms with Crippen molar-refractivity contribution in [2.24, 2.45) is 0 Å². The third-order valence-electron chi connectivity index (χ3n) is 6.30. The molecule has 3 atom stereocenters. The largest absolute Gasteiger partial charge is 0.272 e. The fourth-order valence-corrected chi connectivity index (χ4v) is 8.41. The summed E-state index contributed by atoms with van der Waals surface area (Å²) in [5, 5.41) is 0. The summed E-state index contributed by atoms with van der Waals surface area (Å²) in [5.41, 5.74) is 4.62. The summed E-state index contributed by atoms with van der Waals surface area (Å²) in [6.45, 7) is 12.3. The van der Waals surface area contributed by atoms with Crippen LogP contribution < -0.4 is 0 Å². The lowest BCUT2D eigenvalue weighted by molar-refractivity contribution is 0.230. The number of rotatable bonds is 5. The SMILES string of the molecule is CC(C)c1cc(C(C)C)c(S(=O)(=O)N2[C@@H]3c4ccccc4C[C@@H]3OS2=O)c(C(C)C)c1. The first-order valence-electron chi connectivity index (χ1n) is 10.9. The van der Waals surface area contributed by atoms with Crippen molar-refractivity contribution >= 4 is 21.3 Å². The summed E-state index contributed by atoms with van der Waals surface area (Å²) in [7, 11) is -4.07. The van der Waals surface area contributed by atoms with Gasteiger partial charge in [0.15, 0.2) is 0 Å². The van der Waals surface area contributed by atoms with Crippen LogP contribution in [-0.2, 0) is 31.9 Å². The van der Waals surface area contributed by atoms with Crippen molar-refractivity contribution in [1.82, 2.24) is 3.71 Å². The van der Waals surface area contributed by atoms with Gasteiger partial charge in [-0.05, 0) is 45.6 Å². The molecule has 0 N–H and O–H groups in total. The zero-order valence-corrected chi connectivity index (χ0v) is 20.6. The molecule has 31 heavy (non-hydrogen) atoms. The molecule has 7 heteroatoms. The van der Waals surface area contributed by atoms with E-state index >= 15 is 0 Å². The zero-order valence-electron chi connectivity index (χ0n) is 19.0. The van der Waals surface area contributed by atoms with Crippen LogP contribution in [0.4, 0.5) is 0 Å². The van der Waals surface area contributed by atoms with Crippen molar-refractivity contribution in [3.05, 3.63) is 64.2 Å². The van der Waals surface area contributed by atoms with Crippen molar-refractivity contribution in [3.8, 4) is 0 Å². The predicted molar refractivity (Wildman–Crippen MR) is 124 cm³/mol. The van der Waals surface area contributed by atoms with Crippen molar-refractivity contribution in [3.63, 3.8) is 0 Å². The van der Waals surface area contributed by atoms with Gasteiger partial charge in [0.05, 0.1) is 10.9 Å².